The van der Waals surface area contributed by atoms with Crippen LogP contribution in [0.2, 0.25) is 0 Å². The maximum atomic E-state index is 3.79. The Morgan fingerprint density at radius 3 is 3.10 bits per heavy atom. The summed E-state index contributed by atoms with van der Waals surface area (Å²) in [5.74, 6) is 1.15. The second-order valence-electron chi connectivity index (χ2n) is 2.81. The molecule has 1 rings (SSSR count). The van der Waals surface area contributed by atoms with E-state index >= 15 is 0 Å². The van der Waals surface area contributed by atoms with Gasteiger partial charge in [0, 0.05) is 12.0 Å². The van der Waals surface area contributed by atoms with Crippen LogP contribution in [0.3, 0.4) is 0 Å². The smallest absolute Gasteiger partial charge is 0.0143 e. The first-order chi connectivity index (χ1) is 4.93. The van der Waals surface area contributed by atoms with Crippen LogP contribution in [0.25, 0.3) is 0 Å². The molecule has 10 heavy (non-hydrogen) atoms. The number of thioether (sulfide) groups is 1. The fraction of sp³-hybridized carbons (Fsp3) is 0.667. The van der Waals surface area contributed by atoms with Gasteiger partial charge in [0.05, 0.1) is 0 Å². The Bertz CT molecular complexity index is 116. The Morgan fingerprint density at radius 1 is 1.40 bits per heavy atom. The van der Waals surface area contributed by atoms with E-state index in [-0.39, 0.29) is 0 Å². The summed E-state index contributed by atoms with van der Waals surface area (Å²) in [6.45, 7) is 0. The maximum Gasteiger partial charge on any atom is 0.0143 e. The van der Waals surface area contributed by atoms with Crippen LogP contribution in [0.1, 0.15) is 32.1 Å². The van der Waals surface area contributed by atoms with Gasteiger partial charge in [0.1, 0.15) is 0 Å². The van der Waals surface area contributed by atoms with Gasteiger partial charge in [0.15, 0.2) is 0 Å². The average molecular weight is 155 g/mol. The van der Waals surface area contributed by atoms with E-state index in [9.17, 15) is 0 Å². The molecule has 57 valence electrons. The van der Waals surface area contributed by atoms with Crippen molar-refractivity contribution in [2.24, 2.45) is 0 Å². The minimum atomic E-state index is 1.15. The zero-order valence-electron chi connectivity index (χ0n) is 6.44. The molecule has 0 saturated carbocycles. The van der Waals surface area contributed by atoms with Crippen molar-refractivity contribution >= 4 is 11.8 Å². The normalized spacial score (nSPS) is 19.9. The minimum Gasteiger partial charge on any atom is -0.157 e. The number of hydrogen-bond donors (Lipinski definition) is 0. The first-order valence-electron chi connectivity index (χ1n) is 3.98. The van der Waals surface area contributed by atoms with Crippen LogP contribution >= 0.6 is 11.8 Å². The molecule has 0 atom stereocenters. The van der Waals surface area contributed by atoms with Crippen LogP contribution < -0.4 is 0 Å². The van der Waals surface area contributed by atoms with Crippen LogP contribution in [0.5, 0.6) is 0 Å². The highest BCUT2D eigenvalue weighted by molar-refractivity contribution is 8.00. The summed E-state index contributed by atoms with van der Waals surface area (Å²) in [5, 5.41) is 0. The van der Waals surface area contributed by atoms with Gasteiger partial charge >= 0.3 is 0 Å². The van der Waals surface area contributed by atoms with Crippen molar-refractivity contribution in [1.29, 1.82) is 0 Å². The quantitative estimate of drug-likeness (QED) is 0.551. The lowest BCUT2D eigenvalue weighted by Crippen LogP contribution is -1.84. The summed E-state index contributed by atoms with van der Waals surface area (Å²) in [7, 11) is 0. The first-order valence-corrected chi connectivity index (χ1v) is 5.14. The maximum absolute atomic E-state index is 3.79. The van der Waals surface area contributed by atoms with Crippen LogP contribution in [-0.4, -0.2) is 5.75 Å². The fourth-order valence-electron chi connectivity index (χ4n) is 1.34. The molecule has 0 amide bonds. The molecule has 0 saturated heterocycles. The van der Waals surface area contributed by atoms with Crippen LogP contribution in [0, 0.1) is 6.26 Å². The molecule has 1 radical (unpaired) electrons. The van der Waals surface area contributed by atoms with Crippen molar-refractivity contribution in [2.45, 2.75) is 32.1 Å². The molecule has 1 aliphatic rings. The molecule has 0 fully saturated rings. The molecule has 0 heterocycles. The average Bonchev–Trinajstić information content (AvgIpc) is 2.17. The van der Waals surface area contributed by atoms with E-state index in [1.807, 2.05) is 0 Å². The summed E-state index contributed by atoms with van der Waals surface area (Å²) < 4.78 is 0. The molecular formula is C9H15S. The second-order valence-corrected chi connectivity index (χ2v) is 3.51. The minimum absolute atomic E-state index is 1.15. The van der Waals surface area contributed by atoms with E-state index in [1.54, 1.807) is 17.3 Å². The summed E-state index contributed by atoms with van der Waals surface area (Å²) >= 11 is 1.70. The lowest BCUT2D eigenvalue weighted by Gasteiger charge is -2.00. The van der Waals surface area contributed by atoms with Gasteiger partial charge in [-0.2, -0.15) is 11.8 Å². The SMILES string of the molecule is [CH2]SCC1=CCCCCC1. The van der Waals surface area contributed by atoms with Crippen molar-refractivity contribution in [3.05, 3.63) is 17.9 Å². The van der Waals surface area contributed by atoms with Gasteiger partial charge in [0.25, 0.3) is 0 Å². The molecule has 0 unspecified atom stereocenters. The lowest BCUT2D eigenvalue weighted by molar-refractivity contribution is 0.711. The van der Waals surface area contributed by atoms with E-state index in [0.717, 1.165) is 5.75 Å². The van der Waals surface area contributed by atoms with Crippen molar-refractivity contribution in [3.8, 4) is 0 Å². The second kappa shape index (κ2) is 4.84. The van der Waals surface area contributed by atoms with E-state index in [1.165, 1.54) is 32.1 Å². The van der Waals surface area contributed by atoms with Crippen molar-refractivity contribution in [2.75, 3.05) is 5.75 Å². The molecule has 0 aromatic carbocycles. The number of allylic oxidation sites excluding steroid dienone is 1. The fourth-order valence-corrected chi connectivity index (χ4v) is 1.87. The van der Waals surface area contributed by atoms with Gasteiger partial charge in [-0.25, -0.2) is 0 Å². The van der Waals surface area contributed by atoms with Crippen molar-refractivity contribution in [3.63, 3.8) is 0 Å². The topological polar surface area (TPSA) is 0 Å². The molecule has 0 bridgehead atoms. The van der Waals surface area contributed by atoms with Crippen molar-refractivity contribution in [1.82, 2.24) is 0 Å². The van der Waals surface area contributed by atoms with Gasteiger partial charge in [0.2, 0.25) is 0 Å². The molecule has 1 heteroatoms. The summed E-state index contributed by atoms with van der Waals surface area (Å²) in [4.78, 5) is 0. The summed E-state index contributed by atoms with van der Waals surface area (Å²) in [5.41, 5.74) is 1.62. The standard InChI is InChI=1S/C9H15S/c1-10-8-9-6-4-2-3-5-7-9/h6H,1-5,7-8H2. The largest absolute Gasteiger partial charge is 0.157 e. The van der Waals surface area contributed by atoms with Gasteiger partial charge in [-0.15, -0.1) is 0 Å². The third kappa shape index (κ3) is 2.78. The summed E-state index contributed by atoms with van der Waals surface area (Å²) in [6.07, 6.45) is 13.0. The van der Waals surface area contributed by atoms with Gasteiger partial charge < -0.3 is 0 Å². The molecule has 1 aliphatic carbocycles. The molecule has 0 aliphatic heterocycles. The predicted octanol–water partition coefficient (Wildman–Crippen LogP) is 3.40. The lowest BCUT2D eigenvalue weighted by atomic mass is 10.1. The zero-order valence-corrected chi connectivity index (χ0v) is 7.25. The highest BCUT2D eigenvalue weighted by Gasteiger charge is 2.00. The molecule has 0 aromatic rings. The first kappa shape index (κ1) is 8.19. The highest BCUT2D eigenvalue weighted by Crippen LogP contribution is 2.19. The Balaban J connectivity index is 2.31. The Kier molecular flexibility index (Phi) is 3.96. The Morgan fingerprint density at radius 2 is 2.30 bits per heavy atom. The van der Waals surface area contributed by atoms with Gasteiger partial charge in [-0.3, -0.25) is 0 Å². The highest BCUT2D eigenvalue weighted by atomic mass is 32.2. The number of rotatable bonds is 2. The molecule has 0 nitrogen and oxygen atoms in total. The number of hydrogen-bond acceptors (Lipinski definition) is 1. The van der Waals surface area contributed by atoms with Crippen LogP contribution in [0.4, 0.5) is 0 Å². The monoisotopic (exact) mass is 155 g/mol. The van der Waals surface area contributed by atoms with E-state index < -0.39 is 0 Å². The third-order valence-corrected chi connectivity index (χ3v) is 2.50. The van der Waals surface area contributed by atoms with E-state index in [4.69, 9.17) is 0 Å². The summed E-state index contributed by atoms with van der Waals surface area (Å²) in [6, 6.07) is 0. The Labute approximate surface area is 68.1 Å². The van der Waals surface area contributed by atoms with E-state index in [2.05, 4.69) is 12.3 Å². The van der Waals surface area contributed by atoms with Crippen LogP contribution in [-0.2, 0) is 0 Å². The van der Waals surface area contributed by atoms with Crippen LogP contribution in [0.15, 0.2) is 11.6 Å². The Hall–Kier alpha value is 0.0900. The zero-order chi connectivity index (χ0) is 7.23. The van der Waals surface area contributed by atoms with Gasteiger partial charge in [-0.1, -0.05) is 18.1 Å². The van der Waals surface area contributed by atoms with Crippen molar-refractivity contribution < 1.29 is 0 Å². The third-order valence-electron chi connectivity index (χ3n) is 1.92. The molecule has 0 aromatic heterocycles. The molecule has 0 N–H and O–H groups in total. The van der Waals surface area contributed by atoms with E-state index in [0.29, 0.717) is 0 Å². The van der Waals surface area contributed by atoms with Gasteiger partial charge in [-0.05, 0) is 25.7 Å². The predicted molar refractivity (Wildman–Crippen MR) is 49.0 cm³/mol. The molecule has 0 spiro atoms. The molecular weight excluding hydrogens is 140 g/mol.